The van der Waals surface area contributed by atoms with Crippen LogP contribution in [0.1, 0.15) is 18.9 Å². The summed E-state index contributed by atoms with van der Waals surface area (Å²) in [5.41, 5.74) is 11.1. The van der Waals surface area contributed by atoms with Crippen LogP contribution in [-0.2, 0) is 14.8 Å². The van der Waals surface area contributed by atoms with Gasteiger partial charge in [-0.2, -0.15) is 0 Å². The van der Waals surface area contributed by atoms with Crippen molar-refractivity contribution in [1.29, 1.82) is 0 Å². The lowest BCUT2D eigenvalue weighted by Crippen LogP contribution is -2.36. The molecule has 0 saturated carbocycles. The molecule has 0 radical (unpaired) electrons. The smallest absolute Gasteiger partial charge is 0.243 e. The van der Waals surface area contributed by atoms with Crippen LogP contribution in [0.5, 0.6) is 0 Å². The summed E-state index contributed by atoms with van der Waals surface area (Å²) >= 11 is 0. The van der Waals surface area contributed by atoms with E-state index in [4.69, 9.17) is 11.5 Å². The van der Waals surface area contributed by atoms with E-state index in [9.17, 15) is 17.6 Å². The van der Waals surface area contributed by atoms with Gasteiger partial charge in [-0.05, 0) is 31.5 Å². The highest BCUT2D eigenvalue weighted by Crippen LogP contribution is 2.21. The Hall–Kier alpha value is -1.67. The Labute approximate surface area is 111 Å². The molecule has 19 heavy (non-hydrogen) atoms. The number of benzene rings is 1. The molecule has 0 aliphatic carbocycles. The second-order valence-corrected chi connectivity index (χ2v) is 6.01. The van der Waals surface area contributed by atoms with Crippen molar-refractivity contribution in [3.05, 3.63) is 23.5 Å². The van der Waals surface area contributed by atoms with Crippen molar-refractivity contribution in [1.82, 2.24) is 4.72 Å². The predicted octanol–water partition coefficient (Wildman–Crippen LogP) is 0.259. The lowest BCUT2D eigenvalue weighted by atomic mass is 10.2. The molecule has 0 aliphatic rings. The fourth-order valence-corrected chi connectivity index (χ4v) is 2.88. The highest BCUT2D eigenvalue weighted by atomic mass is 32.2. The number of carbonyl (C=O) groups is 1. The first-order chi connectivity index (χ1) is 8.63. The fourth-order valence-electron chi connectivity index (χ4n) is 1.55. The molecule has 0 fully saturated rings. The number of nitrogen functional groups attached to an aromatic ring is 1. The molecule has 0 bridgehead atoms. The van der Waals surface area contributed by atoms with Crippen molar-refractivity contribution in [2.45, 2.75) is 31.2 Å². The SMILES string of the molecule is Cc1cc(F)c(S(=O)(=O)NC(C)CC(N)=O)cc1N. The summed E-state index contributed by atoms with van der Waals surface area (Å²) in [6.45, 7) is 3.02. The zero-order chi connectivity index (χ0) is 14.8. The van der Waals surface area contributed by atoms with Gasteiger partial charge in [0.25, 0.3) is 0 Å². The minimum atomic E-state index is -4.09. The highest BCUT2D eigenvalue weighted by molar-refractivity contribution is 7.89. The number of halogens is 1. The van der Waals surface area contributed by atoms with Crippen LogP contribution in [0.2, 0.25) is 0 Å². The normalized spacial score (nSPS) is 13.2. The Morgan fingerprint density at radius 2 is 2.05 bits per heavy atom. The highest BCUT2D eigenvalue weighted by Gasteiger charge is 2.23. The maximum absolute atomic E-state index is 13.7. The van der Waals surface area contributed by atoms with E-state index in [0.717, 1.165) is 12.1 Å². The molecule has 0 saturated heterocycles. The average Bonchev–Trinajstić information content (AvgIpc) is 2.20. The van der Waals surface area contributed by atoms with E-state index in [0.29, 0.717) is 5.56 Å². The largest absolute Gasteiger partial charge is 0.398 e. The molecule has 1 aromatic rings. The second kappa shape index (κ2) is 5.54. The minimum Gasteiger partial charge on any atom is -0.398 e. The number of hydrogen-bond acceptors (Lipinski definition) is 4. The van der Waals surface area contributed by atoms with Gasteiger partial charge in [0.2, 0.25) is 15.9 Å². The maximum Gasteiger partial charge on any atom is 0.243 e. The molecule has 1 atom stereocenters. The minimum absolute atomic E-state index is 0.171. The number of aryl methyl sites for hydroxylation is 1. The van der Waals surface area contributed by atoms with E-state index in [2.05, 4.69) is 4.72 Å². The number of sulfonamides is 1. The number of rotatable bonds is 5. The van der Waals surface area contributed by atoms with Gasteiger partial charge in [-0.1, -0.05) is 0 Å². The Bertz CT molecular complexity index is 601. The van der Waals surface area contributed by atoms with Crippen LogP contribution >= 0.6 is 0 Å². The van der Waals surface area contributed by atoms with Crippen LogP contribution in [0.4, 0.5) is 10.1 Å². The molecule has 8 heteroatoms. The second-order valence-electron chi connectivity index (χ2n) is 4.33. The van der Waals surface area contributed by atoms with Crippen LogP contribution in [-0.4, -0.2) is 20.4 Å². The standard InChI is InChI=1S/C11H16FN3O3S/c1-6-3-8(12)10(5-9(6)13)19(17,18)15-7(2)4-11(14)16/h3,5,7,15H,4,13H2,1-2H3,(H2,14,16). The Balaban J connectivity index is 3.07. The number of nitrogens with one attached hydrogen (secondary N) is 1. The van der Waals surface area contributed by atoms with Crippen LogP contribution in [0, 0.1) is 12.7 Å². The molecule has 0 heterocycles. The molecule has 1 rings (SSSR count). The number of anilines is 1. The monoisotopic (exact) mass is 289 g/mol. The Morgan fingerprint density at radius 3 is 2.58 bits per heavy atom. The van der Waals surface area contributed by atoms with Gasteiger partial charge in [-0.3, -0.25) is 4.79 Å². The molecule has 0 aromatic heterocycles. The summed E-state index contributed by atoms with van der Waals surface area (Å²) < 4.78 is 39.7. The van der Waals surface area contributed by atoms with Crippen molar-refractivity contribution >= 4 is 21.6 Å². The van der Waals surface area contributed by atoms with E-state index in [1.54, 1.807) is 6.92 Å². The average molecular weight is 289 g/mol. The summed E-state index contributed by atoms with van der Waals surface area (Å²) in [7, 11) is -4.09. The van der Waals surface area contributed by atoms with Crippen molar-refractivity contribution in [3.8, 4) is 0 Å². The fraction of sp³-hybridized carbons (Fsp3) is 0.364. The molecule has 0 spiro atoms. The molecule has 6 nitrogen and oxygen atoms in total. The van der Waals surface area contributed by atoms with Crippen LogP contribution in [0.25, 0.3) is 0 Å². The van der Waals surface area contributed by atoms with Gasteiger partial charge in [0.05, 0.1) is 0 Å². The Morgan fingerprint density at radius 1 is 1.47 bits per heavy atom. The third-order valence-electron chi connectivity index (χ3n) is 2.47. The van der Waals surface area contributed by atoms with Crippen LogP contribution in [0.15, 0.2) is 17.0 Å². The molecule has 1 unspecified atom stereocenters. The van der Waals surface area contributed by atoms with E-state index in [-0.39, 0.29) is 12.1 Å². The van der Waals surface area contributed by atoms with Crippen molar-refractivity contribution < 1.29 is 17.6 Å². The van der Waals surface area contributed by atoms with Gasteiger partial charge in [-0.15, -0.1) is 0 Å². The predicted molar refractivity (Wildman–Crippen MR) is 69.1 cm³/mol. The quantitative estimate of drug-likeness (QED) is 0.674. The van der Waals surface area contributed by atoms with Crippen molar-refractivity contribution in [3.63, 3.8) is 0 Å². The zero-order valence-corrected chi connectivity index (χ0v) is 11.4. The first-order valence-corrected chi connectivity index (χ1v) is 6.98. The molecular weight excluding hydrogens is 273 g/mol. The van der Waals surface area contributed by atoms with Crippen molar-refractivity contribution in [2.24, 2.45) is 5.73 Å². The van der Waals surface area contributed by atoms with E-state index in [1.165, 1.54) is 6.92 Å². The third-order valence-corrected chi connectivity index (χ3v) is 4.08. The topological polar surface area (TPSA) is 115 Å². The summed E-state index contributed by atoms with van der Waals surface area (Å²) in [5.74, 6) is -1.55. The summed E-state index contributed by atoms with van der Waals surface area (Å²) in [6, 6.07) is 1.36. The third kappa shape index (κ3) is 3.90. The van der Waals surface area contributed by atoms with Crippen molar-refractivity contribution in [2.75, 3.05) is 5.73 Å². The van der Waals surface area contributed by atoms with E-state index < -0.39 is 32.7 Å². The van der Waals surface area contributed by atoms with Crippen LogP contribution < -0.4 is 16.2 Å². The van der Waals surface area contributed by atoms with Gasteiger partial charge in [0.15, 0.2) is 0 Å². The first kappa shape index (κ1) is 15.4. The summed E-state index contributed by atoms with van der Waals surface area (Å²) in [4.78, 5) is 10.1. The molecule has 5 N–H and O–H groups in total. The zero-order valence-electron chi connectivity index (χ0n) is 10.6. The van der Waals surface area contributed by atoms with Gasteiger partial charge in [-0.25, -0.2) is 17.5 Å². The summed E-state index contributed by atoms with van der Waals surface area (Å²) in [6.07, 6.45) is -0.178. The molecule has 1 amide bonds. The van der Waals surface area contributed by atoms with Gasteiger partial charge in [0, 0.05) is 18.2 Å². The number of carbonyl (C=O) groups excluding carboxylic acids is 1. The van der Waals surface area contributed by atoms with E-state index in [1.807, 2.05) is 0 Å². The lowest BCUT2D eigenvalue weighted by molar-refractivity contribution is -0.118. The Kier molecular flexibility index (Phi) is 4.48. The number of hydrogen-bond donors (Lipinski definition) is 3. The molecule has 0 aliphatic heterocycles. The van der Waals surface area contributed by atoms with Gasteiger partial charge >= 0.3 is 0 Å². The van der Waals surface area contributed by atoms with Gasteiger partial charge in [0.1, 0.15) is 10.7 Å². The van der Waals surface area contributed by atoms with Gasteiger partial charge < -0.3 is 11.5 Å². The number of primary amides is 1. The lowest BCUT2D eigenvalue weighted by Gasteiger charge is -2.14. The molecular formula is C11H16FN3O3S. The van der Waals surface area contributed by atoms with E-state index >= 15 is 0 Å². The number of amides is 1. The summed E-state index contributed by atoms with van der Waals surface area (Å²) in [5, 5.41) is 0. The molecule has 106 valence electrons. The first-order valence-electron chi connectivity index (χ1n) is 5.49. The molecule has 1 aromatic carbocycles. The number of nitrogens with two attached hydrogens (primary N) is 2. The van der Waals surface area contributed by atoms with Crippen LogP contribution in [0.3, 0.4) is 0 Å². The maximum atomic E-state index is 13.7.